The van der Waals surface area contributed by atoms with Gasteiger partial charge in [0.05, 0.1) is 11.8 Å². The highest BCUT2D eigenvalue weighted by Gasteiger charge is 2.21. The fraction of sp³-hybridized carbons (Fsp3) is 0.400. The normalized spacial score (nSPS) is 12.2. The summed E-state index contributed by atoms with van der Waals surface area (Å²) in [7, 11) is -3.92. The molecule has 2 aromatic heterocycles. The predicted molar refractivity (Wildman–Crippen MR) is 91.9 cm³/mol. The zero-order valence-electron chi connectivity index (χ0n) is 14.2. The molecule has 1 N–H and O–H groups in total. The van der Waals surface area contributed by atoms with Gasteiger partial charge in [-0.3, -0.25) is 4.40 Å². The molecule has 0 aliphatic heterocycles. The lowest BCUT2D eigenvalue weighted by molar-refractivity contribution is 0.470. The van der Waals surface area contributed by atoms with E-state index in [0.29, 0.717) is 29.2 Å². The molecule has 0 saturated heterocycles. The van der Waals surface area contributed by atoms with Crippen molar-refractivity contribution in [2.45, 2.75) is 33.2 Å². The zero-order valence-corrected chi connectivity index (χ0v) is 15.1. The van der Waals surface area contributed by atoms with Gasteiger partial charge in [0.2, 0.25) is 11.4 Å². The number of nitrogens with zero attached hydrogens (tertiary/aromatic N) is 4. The van der Waals surface area contributed by atoms with Crippen molar-refractivity contribution in [2.75, 3.05) is 11.6 Å². The van der Waals surface area contributed by atoms with Gasteiger partial charge in [0.25, 0.3) is 0 Å². The average molecular weight is 367 g/mol. The molecule has 0 fully saturated rings. The number of hydrogen-bond donors (Lipinski definition) is 1. The van der Waals surface area contributed by atoms with E-state index in [4.69, 9.17) is 4.18 Å². The van der Waals surface area contributed by atoms with Crippen molar-refractivity contribution in [2.24, 2.45) is 0 Å². The van der Waals surface area contributed by atoms with Crippen molar-refractivity contribution >= 4 is 32.6 Å². The van der Waals surface area contributed by atoms with Crippen LogP contribution in [0.3, 0.4) is 0 Å². The molecule has 1 aromatic carbocycles. The highest BCUT2D eigenvalue weighted by atomic mass is 32.2. The quantitative estimate of drug-likeness (QED) is 0.690. The second-order valence-corrected chi connectivity index (χ2v) is 7.49. The average Bonchev–Trinajstić information content (AvgIpc) is 2.93. The third-order valence-corrected chi connectivity index (χ3v) is 3.91. The largest absolute Gasteiger partial charge is 0.377 e. The smallest absolute Gasteiger partial charge is 0.306 e. The number of hydrogen-bond acceptors (Lipinski definition) is 7. The topological polar surface area (TPSA) is 98.5 Å². The number of aryl methyl sites for hydroxylation is 1. The van der Waals surface area contributed by atoms with Gasteiger partial charge in [-0.25, -0.2) is 9.37 Å². The van der Waals surface area contributed by atoms with E-state index in [1.165, 1.54) is 6.07 Å². The summed E-state index contributed by atoms with van der Waals surface area (Å²) >= 11 is 0. The maximum Gasteiger partial charge on any atom is 0.306 e. The minimum atomic E-state index is -3.92. The second kappa shape index (κ2) is 6.10. The van der Waals surface area contributed by atoms with Crippen LogP contribution in [0.1, 0.15) is 26.6 Å². The van der Waals surface area contributed by atoms with Gasteiger partial charge < -0.3 is 9.50 Å². The summed E-state index contributed by atoms with van der Waals surface area (Å²) in [4.78, 5) is 4.37. The van der Waals surface area contributed by atoms with Crippen LogP contribution >= 0.6 is 0 Å². The Hall–Kier alpha value is -2.49. The van der Waals surface area contributed by atoms with Gasteiger partial charge in [-0.1, -0.05) is 6.92 Å². The molecule has 10 heteroatoms. The number of nitrogens with one attached hydrogen (secondary N) is 1. The molecule has 3 aromatic rings. The molecular formula is C15H18FN5O3S. The van der Waals surface area contributed by atoms with Crippen LogP contribution in [-0.2, 0) is 16.5 Å². The number of benzene rings is 1. The first-order valence-corrected chi connectivity index (χ1v) is 9.55. The van der Waals surface area contributed by atoms with Crippen LogP contribution in [-0.4, -0.2) is 40.3 Å². The Balaban J connectivity index is 2.44. The zero-order chi connectivity index (χ0) is 18.4. The van der Waals surface area contributed by atoms with Crippen LogP contribution in [0.4, 0.5) is 10.2 Å². The molecule has 0 bridgehead atoms. The van der Waals surface area contributed by atoms with Gasteiger partial charge in [0, 0.05) is 12.5 Å². The molecule has 134 valence electrons. The molecule has 0 saturated carbocycles. The van der Waals surface area contributed by atoms with E-state index in [-0.39, 0.29) is 11.6 Å². The maximum absolute atomic E-state index is 14.3. The minimum absolute atomic E-state index is 0.0309. The minimum Gasteiger partial charge on any atom is -0.377 e. The molecular weight excluding hydrogens is 349 g/mol. The summed E-state index contributed by atoms with van der Waals surface area (Å²) in [5.41, 5.74) is 1.02. The molecule has 0 spiro atoms. The fourth-order valence-electron chi connectivity index (χ4n) is 2.54. The van der Waals surface area contributed by atoms with Crippen molar-refractivity contribution in [1.29, 1.82) is 0 Å². The summed E-state index contributed by atoms with van der Waals surface area (Å²) < 4.78 is 43.9. The van der Waals surface area contributed by atoms with Crippen molar-refractivity contribution in [3.05, 3.63) is 23.8 Å². The highest BCUT2D eigenvalue weighted by molar-refractivity contribution is 7.86. The first-order valence-electron chi connectivity index (χ1n) is 7.73. The maximum atomic E-state index is 14.3. The Bertz CT molecular complexity index is 1060. The number of fused-ring (bicyclic) bond motifs is 3. The summed E-state index contributed by atoms with van der Waals surface area (Å²) in [6.07, 6.45) is 1.44. The highest BCUT2D eigenvalue weighted by Crippen LogP contribution is 2.32. The van der Waals surface area contributed by atoms with Crippen LogP contribution in [0.2, 0.25) is 0 Å². The summed E-state index contributed by atoms with van der Waals surface area (Å²) in [6, 6.07) is 2.67. The lowest BCUT2D eigenvalue weighted by Crippen LogP contribution is -2.14. The van der Waals surface area contributed by atoms with Gasteiger partial charge >= 0.3 is 10.1 Å². The van der Waals surface area contributed by atoms with Gasteiger partial charge in [-0.05, 0) is 26.0 Å². The third-order valence-electron chi connectivity index (χ3n) is 3.44. The van der Waals surface area contributed by atoms with Crippen LogP contribution in [0.5, 0.6) is 5.75 Å². The van der Waals surface area contributed by atoms with E-state index in [1.54, 1.807) is 4.40 Å². The first-order chi connectivity index (χ1) is 11.7. The fourth-order valence-corrected chi connectivity index (χ4v) is 3.00. The van der Waals surface area contributed by atoms with Crippen LogP contribution < -0.4 is 9.50 Å². The second-order valence-electron chi connectivity index (χ2n) is 5.92. The summed E-state index contributed by atoms with van der Waals surface area (Å²) in [6.45, 7) is 5.74. The molecule has 0 aliphatic rings. The molecule has 0 radical (unpaired) electrons. The number of rotatable bonds is 5. The molecule has 0 atom stereocenters. The number of halogens is 1. The molecule has 0 amide bonds. The van der Waals surface area contributed by atoms with E-state index >= 15 is 0 Å². The van der Waals surface area contributed by atoms with Crippen LogP contribution in [0, 0.1) is 5.82 Å². The van der Waals surface area contributed by atoms with E-state index in [1.807, 2.05) is 20.8 Å². The van der Waals surface area contributed by atoms with Crippen LogP contribution in [0.25, 0.3) is 16.7 Å². The van der Waals surface area contributed by atoms with Crippen molar-refractivity contribution < 1.29 is 17.0 Å². The lowest BCUT2D eigenvalue weighted by Gasteiger charge is -2.14. The Kier molecular flexibility index (Phi) is 4.23. The van der Waals surface area contributed by atoms with E-state index < -0.39 is 21.7 Å². The number of aromatic nitrogens is 4. The Morgan fingerprint density at radius 2 is 2.04 bits per heavy atom. The van der Waals surface area contributed by atoms with E-state index in [2.05, 4.69) is 20.5 Å². The molecule has 2 heterocycles. The predicted octanol–water partition coefficient (Wildman–Crippen LogP) is 2.14. The molecule has 0 aliphatic carbocycles. The van der Waals surface area contributed by atoms with Crippen molar-refractivity contribution in [3.63, 3.8) is 0 Å². The van der Waals surface area contributed by atoms with Gasteiger partial charge in [-0.15, -0.1) is 10.2 Å². The van der Waals surface area contributed by atoms with Gasteiger partial charge in [0.15, 0.2) is 11.6 Å². The summed E-state index contributed by atoms with van der Waals surface area (Å²) in [5, 5.41) is 11.4. The van der Waals surface area contributed by atoms with Gasteiger partial charge in [0.1, 0.15) is 11.3 Å². The standard InChI is InChI=1S/C15H18FN5O3S/c1-5-11-19-20-15-14(17-8(2)3)18-12-10(21(11)15)7-6-9(16)13(12)24-25(4,22)23/h6-8H,5H2,1-4H3,(H,17,18). The van der Waals surface area contributed by atoms with Crippen molar-refractivity contribution in [3.8, 4) is 5.75 Å². The Morgan fingerprint density at radius 3 is 2.64 bits per heavy atom. The SMILES string of the molecule is CCc1nnc2c(NC(C)C)nc3c(OS(C)(=O)=O)c(F)ccc3n12. The molecule has 8 nitrogen and oxygen atoms in total. The van der Waals surface area contributed by atoms with Crippen LogP contribution in [0.15, 0.2) is 12.1 Å². The monoisotopic (exact) mass is 367 g/mol. The molecule has 0 unspecified atom stereocenters. The molecule has 3 rings (SSSR count). The third kappa shape index (κ3) is 3.21. The van der Waals surface area contributed by atoms with E-state index in [9.17, 15) is 12.8 Å². The van der Waals surface area contributed by atoms with Crippen molar-refractivity contribution in [1.82, 2.24) is 19.6 Å². The molecule has 25 heavy (non-hydrogen) atoms. The summed E-state index contributed by atoms with van der Waals surface area (Å²) in [5.74, 6) is -0.236. The number of anilines is 1. The van der Waals surface area contributed by atoms with E-state index in [0.717, 1.165) is 12.3 Å². The van der Waals surface area contributed by atoms with Gasteiger partial charge in [-0.2, -0.15) is 8.42 Å². The Morgan fingerprint density at radius 1 is 1.32 bits per heavy atom. The lowest BCUT2D eigenvalue weighted by atomic mass is 10.2. The first kappa shape index (κ1) is 17.3. The Labute approximate surface area is 144 Å².